The van der Waals surface area contributed by atoms with Crippen molar-refractivity contribution in [3.05, 3.63) is 75.5 Å². The van der Waals surface area contributed by atoms with E-state index in [1.165, 1.54) is 25.3 Å². The lowest BCUT2D eigenvalue weighted by atomic mass is 9.71. The first-order valence-electron chi connectivity index (χ1n) is 18.8. The highest BCUT2D eigenvalue weighted by Gasteiger charge is 2.40. The Morgan fingerprint density at radius 2 is 1.49 bits per heavy atom. The third-order valence-electron chi connectivity index (χ3n) is 12.2. The lowest BCUT2D eigenvalue weighted by molar-refractivity contribution is -0.138. The Kier molecular flexibility index (Phi) is 10.5. The van der Waals surface area contributed by atoms with Crippen LogP contribution in [-0.2, 0) is 16.0 Å². The number of aromatic amines is 1. The third-order valence-corrected chi connectivity index (χ3v) is 12.2. The Labute approximate surface area is 298 Å². The molecule has 2 aromatic carbocycles. The van der Waals surface area contributed by atoms with Crippen molar-refractivity contribution in [2.45, 2.75) is 70.3 Å². The number of piperidine rings is 2. The number of aromatic nitrogens is 2. The normalized spacial score (nSPS) is 20.9. The molecule has 1 spiro atoms. The molecular formula is C39H50FN7O4. The average Bonchev–Trinajstić information content (AvgIpc) is 3.17. The number of carbonyl (C=O) groups is 3. The standard InChI is InChI=1S/C39H50FN7O4/c40-32-11-10-27(25-33-29-8-4-5-9-30(29)36(49)43-42-33)24-31(32)37(50)47-22-20-45(21-23-47)34(48)26-44-16-12-39(13-17-44)14-18-46(19-15-39)38(51)35(41)28-6-2-1-3-7-28/h4-5,8-11,24,28,35H,1-3,6-7,12-23,25-26,41H2,(H,43,49)/t35-/m1/s1. The molecule has 3 aliphatic heterocycles. The van der Waals surface area contributed by atoms with Gasteiger partial charge in [-0.1, -0.05) is 43.5 Å². The molecule has 0 unspecified atom stereocenters. The van der Waals surface area contributed by atoms with E-state index in [0.29, 0.717) is 67.1 Å². The van der Waals surface area contributed by atoms with Crippen LogP contribution >= 0.6 is 0 Å². The number of H-pyrrole nitrogens is 1. The molecule has 3 aromatic rings. The molecule has 1 atom stereocenters. The minimum atomic E-state index is -0.593. The van der Waals surface area contributed by atoms with Gasteiger partial charge in [0, 0.05) is 51.1 Å². The van der Waals surface area contributed by atoms with Crippen molar-refractivity contribution < 1.29 is 18.8 Å². The van der Waals surface area contributed by atoms with Gasteiger partial charge in [0.1, 0.15) is 5.82 Å². The summed E-state index contributed by atoms with van der Waals surface area (Å²) in [5.74, 6) is -0.472. The maximum absolute atomic E-state index is 15.0. The largest absolute Gasteiger partial charge is 0.341 e. The molecule has 4 fully saturated rings. The Balaban J connectivity index is 0.868. The number of amides is 3. The molecule has 7 rings (SSSR count). The van der Waals surface area contributed by atoms with Crippen molar-refractivity contribution >= 4 is 28.5 Å². The van der Waals surface area contributed by atoms with Crippen molar-refractivity contribution in [3.63, 3.8) is 0 Å². The minimum absolute atomic E-state index is 0.00878. The van der Waals surface area contributed by atoms with Crippen LogP contribution in [-0.4, -0.2) is 112 Å². The van der Waals surface area contributed by atoms with Crippen molar-refractivity contribution in [2.24, 2.45) is 17.1 Å². The van der Waals surface area contributed by atoms with Crippen LogP contribution in [0, 0.1) is 17.2 Å². The van der Waals surface area contributed by atoms with Gasteiger partial charge in [0.2, 0.25) is 11.8 Å². The quantitative estimate of drug-likeness (QED) is 0.385. The summed E-state index contributed by atoms with van der Waals surface area (Å²) < 4.78 is 15.0. The summed E-state index contributed by atoms with van der Waals surface area (Å²) in [6.07, 6.45) is 10.1. The number of rotatable bonds is 7. The van der Waals surface area contributed by atoms with E-state index in [1.54, 1.807) is 29.2 Å². The number of carbonyl (C=O) groups excluding carboxylic acids is 3. The van der Waals surface area contributed by atoms with Crippen LogP contribution < -0.4 is 11.3 Å². The molecule has 1 saturated carbocycles. The Morgan fingerprint density at radius 3 is 2.20 bits per heavy atom. The van der Waals surface area contributed by atoms with Gasteiger partial charge in [-0.2, -0.15) is 5.10 Å². The van der Waals surface area contributed by atoms with Gasteiger partial charge >= 0.3 is 0 Å². The van der Waals surface area contributed by atoms with Gasteiger partial charge in [0.05, 0.1) is 29.2 Å². The molecule has 1 aliphatic carbocycles. The summed E-state index contributed by atoms with van der Waals surface area (Å²) >= 11 is 0. The van der Waals surface area contributed by atoms with Crippen molar-refractivity contribution in [1.82, 2.24) is 29.8 Å². The number of likely N-dealkylation sites (tertiary alicyclic amines) is 2. The second kappa shape index (κ2) is 15.2. The zero-order valence-electron chi connectivity index (χ0n) is 29.5. The fourth-order valence-electron chi connectivity index (χ4n) is 8.76. The van der Waals surface area contributed by atoms with Gasteiger partial charge in [0.15, 0.2) is 0 Å². The topological polar surface area (TPSA) is 136 Å². The van der Waals surface area contributed by atoms with E-state index < -0.39 is 11.7 Å². The van der Waals surface area contributed by atoms with Crippen LogP contribution in [0.5, 0.6) is 0 Å². The predicted molar refractivity (Wildman–Crippen MR) is 193 cm³/mol. The first-order valence-corrected chi connectivity index (χ1v) is 18.8. The van der Waals surface area contributed by atoms with Gasteiger partial charge in [0.25, 0.3) is 11.5 Å². The summed E-state index contributed by atoms with van der Waals surface area (Å²) in [6, 6.07) is 11.3. The number of nitrogens with zero attached hydrogens (tertiary/aromatic N) is 5. The van der Waals surface area contributed by atoms with E-state index in [-0.39, 0.29) is 34.4 Å². The lowest BCUT2D eigenvalue weighted by Crippen LogP contribution is -2.55. The van der Waals surface area contributed by atoms with E-state index in [2.05, 4.69) is 15.1 Å². The van der Waals surface area contributed by atoms with Gasteiger partial charge in [-0.25, -0.2) is 9.49 Å². The molecule has 3 N–H and O–H groups in total. The van der Waals surface area contributed by atoms with E-state index in [1.807, 2.05) is 21.9 Å². The van der Waals surface area contributed by atoms with Crippen LogP contribution in [0.15, 0.2) is 47.3 Å². The number of nitrogens with two attached hydrogens (primary N) is 1. The zero-order valence-corrected chi connectivity index (χ0v) is 29.5. The Hall–Kier alpha value is -4.16. The van der Waals surface area contributed by atoms with E-state index in [9.17, 15) is 23.6 Å². The molecule has 4 heterocycles. The smallest absolute Gasteiger partial charge is 0.272 e. The molecule has 51 heavy (non-hydrogen) atoms. The van der Waals surface area contributed by atoms with E-state index in [4.69, 9.17) is 5.73 Å². The number of benzene rings is 2. The molecule has 11 nitrogen and oxygen atoms in total. The molecule has 4 aliphatic rings. The van der Waals surface area contributed by atoms with Gasteiger partial charge in [-0.3, -0.25) is 24.1 Å². The monoisotopic (exact) mass is 699 g/mol. The number of fused-ring (bicyclic) bond motifs is 1. The average molecular weight is 700 g/mol. The van der Waals surface area contributed by atoms with E-state index in [0.717, 1.165) is 64.7 Å². The third kappa shape index (κ3) is 7.72. The van der Waals surface area contributed by atoms with Crippen LogP contribution in [0.25, 0.3) is 10.8 Å². The van der Waals surface area contributed by atoms with Crippen LogP contribution in [0.1, 0.15) is 79.4 Å². The first kappa shape index (κ1) is 35.3. The van der Waals surface area contributed by atoms with Crippen LogP contribution in [0.4, 0.5) is 4.39 Å². The van der Waals surface area contributed by atoms with E-state index >= 15 is 0 Å². The second-order valence-electron chi connectivity index (χ2n) is 15.2. The molecule has 3 amide bonds. The van der Waals surface area contributed by atoms with Crippen molar-refractivity contribution in [3.8, 4) is 0 Å². The summed E-state index contributed by atoms with van der Waals surface area (Å²) in [6.45, 7) is 5.12. The molecule has 12 heteroatoms. The lowest BCUT2D eigenvalue weighted by Gasteiger charge is -2.47. The molecule has 0 radical (unpaired) electrons. The van der Waals surface area contributed by atoms with Gasteiger partial charge < -0.3 is 20.4 Å². The minimum Gasteiger partial charge on any atom is -0.341 e. The highest BCUT2D eigenvalue weighted by atomic mass is 19.1. The molecule has 1 aromatic heterocycles. The molecule has 272 valence electrons. The van der Waals surface area contributed by atoms with Crippen LogP contribution in [0.2, 0.25) is 0 Å². The highest BCUT2D eigenvalue weighted by molar-refractivity contribution is 5.95. The number of hydrogen-bond acceptors (Lipinski definition) is 7. The highest BCUT2D eigenvalue weighted by Crippen LogP contribution is 2.41. The maximum Gasteiger partial charge on any atom is 0.272 e. The number of hydrogen-bond donors (Lipinski definition) is 2. The second-order valence-corrected chi connectivity index (χ2v) is 15.2. The van der Waals surface area contributed by atoms with Crippen LogP contribution in [0.3, 0.4) is 0 Å². The summed E-state index contributed by atoms with van der Waals surface area (Å²) in [7, 11) is 0. The van der Waals surface area contributed by atoms with Crippen molar-refractivity contribution in [1.29, 1.82) is 0 Å². The SMILES string of the molecule is N[C@@H](C(=O)N1CCC2(CCN(CC(=O)N3CCN(C(=O)c4cc(Cc5n[nH]c(=O)c6ccccc56)ccc4F)CC3)CC2)CC1)C1CCCCC1. The number of piperazine rings is 1. The number of nitrogens with one attached hydrogen (secondary N) is 1. The molecular weight excluding hydrogens is 649 g/mol. The maximum atomic E-state index is 15.0. The Morgan fingerprint density at radius 1 is 0.843 bits per heavy atom. The fraction of sp³-hybridized carbons (Fsp3) is 0.564. The summed E-state index contributed by atoms with van der Waals surface area (Å²) in [5, 5.41) is 7.99. The summed E-state index contributed by atoms with van der Waals surface area (Å²) in [4.78, 5) is 59.8. The Bertz CT molecular complexity index is 1800. The predicted octanol–water partition coefficient (Wildman–Crippen LogP) is 3.55. The number of halogens is 1. The summed E-state index contributed by atoms with van der Waals surface area (Å²) in [5.41, 5.74) is 7.73. The zero-order chi connectivity index (χ0) is 35.5. The van der Waals surface area contributed by atoms with Crippen molar-refractivity contribution in [2.75, 3.05) is 58.9 Å². The van der Waals surface area contributed by atoms with Gasteiger partial charge in [-0.05, 0) is 86.7 Å². The molecule has 0 bridgehead atoms. The van der Waals surface area contributed by atoms with Gasteiger partial charge in [-0.15, -0.1) is 0 Å². The first-order chi connectivity index (χ1) is 24.7. The molecule has 3 saturated heterocycles. The fourth-order valence-corrected chi connectivity index (χ4v) is 8.76.